The molecule has 1 aromatic heterocycles. The number of nitrogens with one attached hydrogen (secondary N) is 1. The molecule has 0 unspecified atom stereocenters. The van der Waals surface area contributed by atoms with E-state index in [1.807, 2.05) is 0 Å². The molecule has 6 rings (SSSR count). The maximum absolute atomic E-state index is 14.0. The lowest BCUT2D eigenvalue weighted by Gasteiger charge is -2.31. The molecule has 16 heteroatoms. The van der Waals surface area contributed by atoms with Gasteiger partial charge in [0.1, 0.15) is 21.9 Å². The van der Waals surface area contributed by atoms with E-state index in [-0.39, 0.29) is 35.7 Å². The van der Waals surface area contributed by atoms with Gasteiger partial charge < -0.3 is 23.7 Å². The number of esters is 1. The molecule has 0 radical (unpaired) electrons. The highest BCUT2D eigenvalue weighted by molar-refractivity contribution is 7.92. The zero-order valence-electron chi connectivity index (χ0n) is 28.7. The summed E-state index contributed by atoms with van der Waals surface area (Å²) in [6.07, 6.45) is 7.19. The van der Waals surface area contributed by atoms with Gasteiger partial charge in [-0.1, -0.05) is 29.3 Å². The van der Waals surface area contributed by atoms with Gasteiger partial charge >= 0.3 is 12.6 Å². The number of pyridine rings is 1. The van der Waals surface area contributed by atoms with Crippen molar-refractivity contribution in [2.24, 2.45) is 11.8 Å². The van der Waals surface area contributed by atoms with Gasteiger partial charge in [0.25, 0.3) is 0 Å². The molecular weight excluding hydrogens is 743 g/mol. The number of hydrogen-bond acceptors (Lipinski definition) is 9. The third-order valence-electron chi connectivity index (χ3n) is 9.12. The molecule has 1 N–H and O–H groups in total. The van der Waals surface area contributed by atoms with Gasteiger partial charge in [0.05, 0.1) is 43.9 Å². The van der Waals surface area contributed by atoms with Crippen molar-refractivity contribution in [3.8, 4) is 17.2 Å². The number of carbonyl (C=O) groups is 1. The van der Waals surface area contributed by atoms with Gasteiger partial charge in [-0.25, -0.2) is 18.2 Å². The summed E-state index contributed by atoms with van der Waals surface area (Å²) >= 11 is 13.0. The number of aromatic amines is 1. The second-order valence-electron chi connectivity index (χ2n) is 13.3. The second kappa shape index (κ2) is 17.1. The van der Waals surface area contributed by atoms with E-state index in [2.05, 4.69) is 9.88 Å². The lowest BCUT2D eigenvalue weighted by molar-refractivity contribution is -0.377. The van der Waals surface area contributed by atoms with Crippen molar-refractivity contribution in [3.63, 3.8) is 0 Å². The number of halogens is 4. The number of hydrogen-bond donors (Lipinski definition) is 0. The number of rotatable bonds is 18. The van der Waals surface area contributed by atoms with Crippen LogP contribution >= 0.6 is 23.2 Å². The van der Waals surface area contributed by atoms with Gasteiger partial charge in [-0.3, -0.25) is 9.21 Å². The standard InChI is InChI=1S/C36H41Cl2F2N3O8S/c1-52(45,46)43(11-10-42-12-14-47-15-13-42)30-16-26(7-8-31(30)48-21-23-2-3-23)35(44)50-33(18-27-28(37)19-41-20-29(27)38)25-6-9-32(51-36(39)40)34(17-25)49-22-24-4-5-24/h6-9,16-17,19-20,23-24,33,36H,2-5,10-15,18,21-22H2,1H3/p+1/t33-/m0/s1. The fourth-order valence-electron chi connectivity index (χ4n) is 5.78. The molecular formula is C36H42Cl2F2N3O8S+. The lowest BCUT2D eigenvalue weighted by atomic mass is 10.0. The predicted octanol–water partition coefficient (Wildman–Crippen LogP) is 6.23. The Hall–Kier alpha value is -3.43. The van der Waals surface area contributed by atoms with Crippen LogP contribution in [0.2, 0.25) is 10.0 Å². The van der Waals surface area contributed by atoms with Gasteiger partial charge in [0.15, 0.2) is 23.9 Å². The smallest absolute Gasteiger partial charge is 0.387 e. The summed E-state index contributed by atoms with van der Waals surface area (Å²) in [5.74, 6) is 0.194. The first-order valence-electron chi connectivity index (χ1n) is 17.3. The maximum Gasteiger partial charge on any atom is 0.387 e. The van der Waals surface area contributed by atoms with E-state index in [1.165, 1.54) is 47.0 Å². The van der Waals surface area contributed by atoms with E-state index < -0.39 is 28.7 Å². The van der Waals surface area contributed by atoms with Crippen LogP contribution in [-0.2, 0) is 25.9 Å². The molecule has 3 fully saturated rings. The molecule has 3 aliphatic rings. The van der Waals surface area contributed by atoms with Crippen molar-refractivity contribution in [3.05, 3.63) is 75.5 Å². The monoisotopic (exact) mass is 784 g/mol. The Morgan fingerprint density at radius 3 is 2.21 bits per heavy atom. The Labute approximate surface area is 312 Å². The molecule has 2 aromatic carbocycles. The highest BCUT2D eigenvalue weighted by Gasteiger charge is 2.30. The van der Waals surface area contributed by atoms with Crippen LogP contribution in [0.1, 0.15) is 53.3 Å². The number of H-pyrrole nitrogens is 1. The van der Waals surface area contributed by atoms with Crippen molar-refractivity contribution in [1.29, 1.82) is 0 Å². The summed E-state index contributed by atoms with van der Waals surface area (Å²) in [7, 11) is -3.82. The average molecular weight is 786 g/mol. The molecule has 1 atom stereocenters. The van der Waals surface area contributed by atoms with Crippen molar-refractivity contribution >= 4 is 44.9 Å². The summed E-state index contributed by atoms with van der Waals surface area (Å²) in [5, 5.41) is 0.583. The van der Waals surface area contributed by atoms with Crippen LogP contribution in [0, 0.1) is 11.8 Å². The fourth-order valence-corrected chi connectivity index (χ4v) is 7.23. The van der Waals surface area contributed by atoms with Crippen LogP contribution in [0.15, 0.2) is 48.8 Å². The van der Waals surface area contributed by atoms with Crippen LogP contribution in [0.5, 0.6) is 17.2 Å². The Bertz CT molecular complexity index is 1800. The molecule has 3 aromatic rings. The van der Waals surface area contributed by atoms with Crippen LogP contribution in [0.4, 0.5) is 14.5 Å². The molecule has 1 saturated heterocycles. The minimum Gasteiger partial charge on any atom is -0.491 e. The molecule has 1 aliphatic heterocycles. The molecule has 11 nitrogen and oxygen atoms in total. The average Bonchev–Trinajstić information content (AvgIpc) is 4.04. The Morgan fingerprint density at radius 2 is 1.60 bits per heavy atom. The third-order valence-corrected chi connectivity index (χ3v) is 11.0. The molecule has 0 spiro atoms. The molecule has 2 heterocycles. The van der Waals surface area contributed by atoms with E-state index >= 15 is 0 Å². The number of morpholine rings is 1. The Balaban J connectivity index is 1.32. The fraction of sp³-hybridized carbons (Fsp3) is 0.500. The highest BCUT2D eigenvalue weighted by Crippen LogP contribution is 2.39. The van der Waals surface area contributed by atoms with Gasteiger partial charge in [-0.15, -0.1) is 0 Å². The summed E-state index contributed by atoms with van der Waals surface area (Å²) < 4.78 is 82.7. The van der Waals surface area contributed by atoms with Crippen molar-refractivity contribution in [2.75, 3.05) is 63.2 Å². The zero-order chi connectivity index (χ0) is 36.8. The molecule has 2 saturated carbocycles. The second-order valence-corrected chi connectivity index (χ2v) is 16.0. The quantitative estimate of drug-likeness (QED) is 0.139. The Kier molecular flexibility index (Phi) is 12.6. The Morgan fingerprint density at radius 1 is 0.962 bits per heavy atom. The van der Waals surface area contributed by atoms with Crippen molar-refractivity contribution in [2.45, 2.75) is 44.8 Å². The predicted molar refractivity (Wildman–Crippen MR) is 190 cm³/mol. The summed E-state index contributed by atoms with van der Waals surface area (Å²) in [4.78, 5) is 19.0. The van der Waals surface area contributed by atoms with E-state index in [0.717, 1.165) is 31.9 Å². The lowest BCUT2D eigenvalue weighted by Crippen LogP contribution is -2.43. The summed E-state index contributed by atoms with van der Waals surface area (Å²) in [6, 6.07) is 8.92. The van der Waals surface area contributed by atoms with Gasteiger partial charge in [-0.2, -0.15) is 8.78 Å². The molecule has 52 heavy (non-hydrogen) atoms. The van der Waals surface area contributed by atoms with Crippen molar-refractivity contribution in [1.82, 2.24) is 4.90 Å². The first-order chi connectivity index (χ1) is 24.9. The SMILES string of the molecule is CS(=O)(=O)N(CCN1CCOCC1)c1cc(C(=O)O[C@@H](Cc2c(Cl)c[nH+]cc2Cl)c2ccc(OC(F)F)c(OCC3CC3)c2)ccc1OCC1CC1. The van der Waals surface area contributed by atoms with Crippen LogP contribution in [0.25, 0.3) is 0 Å². The minimum atomic E-state index is -3.82. The zero-order valence-corrected chi connectivity index (χ0v) is 31.0. The van der Waals surface area contributed by atoms with E-state index in [4.69, 9.17) is 46.9 Å². The van der Waals surface area contributed by atoms with E-state index in [0.29, 0.717) is 84.8 Å². The molecule has 0 bridgehead atoms. The first kappa shape index (κ1) is 38.3. The van der Waals surface area contributed by atoms with Crippen LogP contribution in [0.3, 0.4) is 0 Å². The maximum atomic E-state index is 14.0. The number of nitrogens with zero attached hydrogens (tertiary/aromatic N) is 2. The number of aromatic nitrogens is 1. The normalized spacial score (nSPS) is 17.1. The number of sulfonamides is 1. The first-order valence-corrected chi connectivity index (χ1v) is 19.9. The van der Waals surface area contributed by atoms with Crippen molar-refractivity contribution < 1.29 is 50.7 Å². The topological polar surface area (TPSA) is 118 Å². The number of alkyl halides is 2. The van der Waals surface area contributed by atoms with E-state index in [9.17, 15) is 22.0 Å². The number of anilines is 1. The summed E-state index contributed by atoms with van der Waals surface area (Å²) in [5.41, 5.74) is 1.18. The highest BCUT2D eigenvalue weighted by atomic mass is 35.5. The largest absolute Gasteiger partial charge is 0.491 e. The van der Waals surface area contributed by atoms with Gasteiger partial charge in [-0.05, 0) is 73.4 Å². The van der Waals surface area contributed by atoms with E-state index in [1.54, 1.807) is 6.07 Å². The van der Waals surface area contributed by atoms with Crippen LogP contribution in [-0.4, -0.2) is 84.8 Å². The third kappa shape index (κ3) is 10.6. The molecule has 282 valence electrons. The van der Waals surface area contributed by atoms with Gasteiger partial charge in [0, 0.05) is 38.2 Å². The van der Waals surface area contributed by atoms with Crippen LogP contribution < -0.4 is 23.5 Å². The molecule has 2 aliphatic carbocycles. The minimum absolute atomic E-state index is 0.0135. The summed E-state index contributed by atoms with van der Waals surface area (Å²) in [6.45, 7) is 0.702. The van der Waals surface area contributed by atoms with Gasteiger partial charge in [0.2, 0.25) is 10.0 Å². The number of ether oxygens (including phenoxy) is 5. The number of carbonyl (C=O) groups excluding carboxylic acids is 1. The molecule has 0 amide bonds. The number of benzene rings is 2.